The molecule has 0 aromatic heterocycles. The molecular formula is C16H18FNO2S. The predicted octanol–water partition coefficient (Wildman–Crippen LogP) is 2.88. The van der Waals surface area contributed by atoms with E-state index < -0.39 is 15.7 Å². The topological polar surface area (TPSA) is 60.2 Å². The van der Waals surface area contributed by atoms with Gasteiger partial charge in [0, 0.05) is 12.1 Å². The molecule has 2 aromatic carbocycles. The van der Waals surface area contributed by atoms with E-state index in [9.17, 15) is 12.8 Å². The van der Waals surface area contributed by atoms with Gasteiger partial charge >= 0.3 is 0 Å². The summed E-state index contributed by atoms with van der Waals surface area (Å²) in [4.78, 5) is 0.216. The number of benzene rings is 2. The van der Waals surface area contributed by atoms with Gasteiger partial charge in [0.2, 0.25) is 0 Å². The Morgan fingerprint density at radius 1 is 1.05 bits per heavy atom. The van der Waals surface area contributed by atoms with E-state index in [1.807, 2.05) is 13.8 Å². The minimum atomic E-state index is -3.57. The van der Waals surface area contributed by atoms with E-state index in [0.29, 0.717) is 5.56 Å². The molecule has 0 radical (unpaired) electrons. The highest BCUT2D eigenvalue weighted by atomic mass is 32.2. The average Bonchev–Trinajstić information content (AvgIpc) is 2.43. The molecule has 0 amide bonds. The van der Waals surface area contributed by atoms with Crippen molar-refractivity contribution in [1.82, 2.24) is 0 Å². The Labute approximate surface area is 124 Å². The fourth-order valence-corrected chi connectivity index (χ4v) is 3.47. The number of halogens is 1. The van der Waals surface area contributed by atoms with Gasteiger partial charge in [0.25, 0.3) is 0 Å². The molecule has 112 valence electrons. The SMILES string of the molecule is Cc1ccc(S(=O)(=O)Cc2ccc(CN)cc2F)cc1C. The molecule has 0 heterocycles. The quantitative estimate of drug-likeness (QED) is 0.945. The van der Waals surface area contributed by atoms with E-state index in [1.54, 1.807) is 24.3 Å². The lowest BCUT2D eigenvalue weighted by molar-refractivity contribution is 0.586. The Bertz CT molecular complexity index is 770. The van der Waals surface area contributed by atoms with E-state index in [1.165, 1.54) is 12.1 Å². The van der Waals surface area contributed by atoms with Crippen molar-refractivity contribution in [2.45, 2.75) is 31.0 Å². The van der Waals surface area contributed by atoms with Crippen LogP contribution in [0.5, 0.6) is 0 Å². The molecule has 0 fully saturated rings. The maximum absolute atomic E-state index is 13.9. The van der Waals surface area contributed by atoms with Gasteiger partial charge in [0.05, 0.1) is 10.6 Å². The first-order chi connectivity index (χ1) is 9.83. The second kappa shape index (κ2) is 5.95. The first kappa shape index (κ1) is 15.7. The number of aryl methyl sites for hydroxylation is 2. The highest BCUT2D eigenvalue weighted by Gasteiger charge is 2.18. The zero-order valence-corrected chi connectivity index (χ0v) is 12.9. The van der Waals surface area contributed by atoms with Crippen molar-refractivity contribution >= 4 is 9.84 Å². The summed E-state index contributed by atoms with van der Waals surface area (Å²) in [6, 6.07) is 9.35. The molecule has 2 rings (SSSR count). The third kappa shape index (κ3) is 3.49. The van der Waals surface area contributed by atoms with Crippen molar-refractivity contribution in [3.05, 3.63) is 64.5 Å². The van der Waals surface area contributed by atoms with Crippen molar-refractivity contribution in [1.29, 1.82) is 0 Å². The van der Waals surface area contributed by atoms with Crippen LogP contribution >= 0.6 is 0 Å². The zero-order valence-electron chi connectivity index (χ0n) is 12.1. The Morgan fingerprint density at radius 2 is 1.76 bits per heavy atom. The summed E-state index contributed by atoms with van der Waals surface area (Å²) in [6.07, 6.45) is 0. The second-order valence-electron chi connectivity index (χ2n) is 5.14. The number of hydrogen-bond acceptors (Lipinski definition) is 3. The molecule has 0 saturated heterocycles. The first-order valence-corrected chi connectivity index (χ1v) is 8.26. The molecule has 0 aliphatic carbocycles. The third-order valence-electron chi connectivity index (χ3n) is 3.54. The highest BCUT2D eigenvalue weighted by molar-refractivity contribution is 7.90. The van der Waals surface area contributed by atoms with Gasteiger partial charge in [-0.05, 0) is 48.7 Å². The zero-order chi connectivity index (χ0) is 15.6. The van der Waals surface area contributed by atoms with Gasteiger partial charge in [-0.3, -0.25) is 0 Å². The van der Waals surface area contributed by atoms with Crippen LogP contribution in [0.15, 0.2) is 41.3 Å². The van der Waals surface area contributed by atoms with Crippen molar-refractivity contribution in [2.75, 3.05) is 0 Å². The molecule has 2 aromatic rings. The Morgan fingerprint density at radius 3 is 2.33 bits per heavy atom. The average molecular weight is 307 g/mol. The van der Waals surface area contributed by atoms with Crippen LogP contribution in [0.25, 0.3) is 0 Å². The lowest BCUT2D eigenvalue weighted by atomic mass is 10.1. The molecule has 0 unspecified atom stereocenters. The third-order valence-corrected chi connectivity index (χ3v) is 5.20. The Kier molecular flexibility index (Phi) is 4.44. The fraction of sp³-hybridized carbons (Fsp3) is 0.250. The predicted molar refractivity (Wildman–Crippen MR) is 81.1 cm³/mol. The molecule has 0 spiro atoms. The summed E-state index contributed by atoms with van der Waals surface area (Å²) in [5.74, 6) is -0.892. The fourth-order valence-electron chi connectivity index (χ4n) is 2.03. The number of nitrogens with two attached hydrogens (primary N) is 1. The van der Waals surface area contributed by atoms with Gasteiger partial charge in [-0.25, -0.2) is 12.8 Å². The Hall–Kier alpha value is -1.72. The second-order valence-corrected chi connectivity index (χ2v) is 7.12. The van der Waals surface area contributed by atoms with Crippen molar-refractivity contribution < 1.29 is 12.8 Å². The van der Waals surface area contributed by atoms with Gasteiger partial charge in [-0.1, -0.05) is 18.2 Å². The molecule has 0 aliphatic rings. The van der Waals surface area contributed by atoms with E-state index >= 15 is 0 Å². The molecule has 3 nitrogen and oxygen atoms in total. The van der Waals surface area contributed by atoms with E-state index in [4.69, 9.17) is 5.73 Å². The summed E-state index contributed by atoms with van der Waals surface area (Å²) >= 11 is 0. The maximum Gasteiger partial charge on any atom is 0.182 e. The highest BCUT2D eigenvalue weighted by Crippen LogP contribution is 2.21. The minimum absolute atomic E-state index is 0.158. The molecular weight excluding hydrogens is 289 g/mol. The summed E-state index contributed by atoms with van der Waals surface area (Å²) in [6.45, 7) is 3.99. The normalized spacial score (nSPS) is 11.6. The summed E-state index contributed by atoms with van der Waals surface area (Å²) in [5, 5.41) is 0. The molecule has 0 saturated carbocycles. The van der Waals surface area contributed by atoms with E-state index in [2.05, 4.69) is 0 Å². The Balaban J connectivity index is 2.35. The van der Waals surface area contributed by atoms with Crippen LogP contribution in [0.2, 0.25) is 0 Å². The van der Waals surface area contributed by atoms with Crippen molar-refractivity contribution in [3.63, 3.8) is 0 Å². The van der Waals surface area contributed by atoms with E-state index in [0.717, 1.165) is 11.1 Å². The standard InChI is InChI=1S/C16H18FNO2S/c1-11-3-6-15(7-12(11)2)21(19,20)10-14-5-4-13(9-18)8-16(14)17/h3-8H,9-10,18H2,1-2H3. The molecule has 0 aliphatic heterocycles. The number of rotatable bonds is 4. The number of sulfone groups is 1. The number of hydrogen-bond donors (Lipinski definition) is 1. The largest absolute Gasteiger partial charge is 0.326 e. The summed E-state index contributed by atoms with van der Waals surface area (Å²) in [5.41, 5.74) is 8.15. The minimum Gasteiger partial charge on any atom is -0.326 e. The molecule has 2 N–H and O–H groups in total. The van der Waals surface area contributed by atoms with Gasteiger partial charge in [0.1, 0.15) is 5.82 Å². The van der Waals surface area contributed by atoms with Crippen LogP contribution in [-0.4, -0.2) is 8.42 Å². The van der Waals surface area contributed by atoms with Crippen LogP contribution in [-0.2, 0) is 22.1 Å². The lowest BCUT2D eigenvalue weighted by Crippen LogP contribution is -2.08. The van der Waals surface area contributed by atoms with E-state index in [-0.39, 0.29) is 22.8 Å². The van der Waals surface area contributed by atoms with Gasteiger partial charge < -0.3 is 5.73 Å². The summed E-state index contributed by atoms with van der Waals surface area (Å²) < 4.78 is 38.7. The van der Waals surface area contributed by atoms with Crippen LogP contribution in [0.4, 0.5) is 4.39 Å². The van der Waals surface area contributed by atoms with Crippen LogP contribution in [0.3, 0.4) is 0 Å². The molecule has 0 atom stereocenters. The van der Waals surface area contributed by atoms with Crippen molar-refractivity contribution in [2.24, 2.45) is 5.73 Å². The maximum atomic E-state index is 13.9. The molecule has 5 heteroatoms. The van der Waals surface area contributed by atoms with Crippen LogP contribution in [0, 0.1) is 19.7 Å². The van der Waals surface area contributed by atoms with Gasteiger partial charge in [-0.2, -0.15) is 0 Å². The smallest absolute Gasteiger partial charge is 0.182 e. The molecule has 21 heavy (non-hydrogen) atoms. The van der Waals surface area contributed by atoms with Crippen LogP contribution in [0.1, 0.15) is 22.3 Å². The monoisotopic (exact) mass is 307 g/mol. The van der Waals surface area contributed by atoms with Crippen molar-refractivity contribution in [3.8, 4) is 0 Å². The van der Waals surface area contributed by atoms with Gasteiger partial charge in [0.15, 0.2) is 9.84 Å². The van der Waals surface area contributed by atoms with Crippen LogP contribution < -0.4 is 5.73 Å². The first-order valence-electron chi connectivity index (χ1n) is 6.61. The summed E-state index contributed by atoms with van der Waals surface area (Å²) in [7, 11) is -3.57. The lowest BCUT2D eigenvalue weighted by Gasteiger charge is -2.09. The molecule has 0 bridgehead atoms. The van der Waals surface area contributed by atoms with Gasteiger partial charge in [-0.15, -0.1) is 0 Å².